The van der Waals surface area contributed by atoms with Crippen LogP contribution < -0.4 is 5.32 Å². The average Bonchev–Trinajstić information content (AvgIpc) is 2.39. The van der Waals surface area contributed by atoms with Crippen LogP contribution in [0.25, 0.3) is 0 Å². The Balaban J connectivity index is 2.07. The molecule has 1 heterocycles. The maximum absolute atomic E-state index is 13.8. The molecule has 106 valence electrons. The van der Waals surface area contributed by atoms with E-state index >= 15 is 0 Å². The minimum Gasteiger partial charge on any atom is -0.374 e. The Labute approximate surface area is 112 Å². The van der Waals surface area contributed by atoms with Gasteiger partial charge < -0.3 is 10.1 Å². The van der Waals surface area contributed by atoms with Crippen molar-refractivity contribution < 1.29 is 13.5 Å². The highest BCUT2D eigenvalue weighted by Crippen LogP contribution is 2.25. The van der Waals surface area contributed by atoms with Crippen LogP contribution in [0.1, 0.15) is 18.5 Å². The van der Waals surface area contributed by atoms with Crippen molar-refractivity contribution in [2.75, 3.05) is 33.3 Å². The van der Waals surface area contributed by atoms with Crippen LogP contribution in [0.3, 0.4) is 0 Å². The third kappa shape index (κ3) is 3.49. The molecule has 2 atom stereocenters. The summed E-state index contributed by atoms with van der Waals surface area (Å²) in [5.74, 6) is -1.02. The second-order valence-corrected chi connectivity index (χ2v) is 4.89. The minimum absolute atomic E-state index is 0.0798. The largest absolute Gasteiger partial charge is 0.374 e. The van der Waals surface area contributed by atoms with Crippen LogP contribution in [0.5, 0.6) is 0 Å². The molecule has 0 spiro atoms. The SMILES string of the molecule is CNCC1CN(C(C)c2ccc(F)cc2F)CCO1. The van der Waals surface area contributed by atoms with Gasteiger partial charge in [0.1, 0.15) is 11.6 Å². The second kappa shape index (κ2) is 6.41. The van der Waals surface area contributed by atoms with Gasteiger partial charge in [0.2, 0.25) is 0 Å². The number of morpholine rings is 1. The Morgan fingerprint density at radius 1 is 1.47 bits per heavy atom. The van der Waals surface area contributed by atoms with Gasteiger partial charge in [-0.15, -0.1) is 0 Å². The van der Waals surface area contributed by atoms with Crippen LogP contribution in [-0.4, -0.2) is 44.3 Å². The maximum atomic E-state index is 13.8. The van der Waals surface area contributed by atoms with Crippen LogP contribution in [0.15, 0.2) is 18.2 Å². The molecule has 1 aliphatic rings. The van der Waals surface area contributed by atoms with E-state index in [0.29, 0.717) is 12.2 Å². The van der Waals surface area contributed by atoms with E-state index in [4.69, 9.17) is 4.74 Å². The van der Waals surface area contributed by atoms with Crippen molar-refractivity contribution in [3.8, 4) is 0 Å². The number of hydrogen-bond donors (Lipinski definition) is 1. The molecule has 3 nitrogen and oxygen atoms in total. The van der Waals surface area contributed by atoms with Crippen molar-refractivity contribution >= 4 is 0 Å². The minimum atomic E-state index is -0.538. The monoisotopic (exact) mass is 270 g/mol. The first kappa shape index (κ1) is 14.4. The number of nitrogens with one attached hydrogen (secondary N) is 1. The molecule has 0 aromatic heterocycles. The van der Waals surface area contributed by atoms with Crippen molar-refractivity contribution in [2.45, 2.75) is 19.1 Å². The molecule has 5 heteroatoms. The summed E-state index contributed by atoms with van der Waals surface area (Å²) < 4.78 is 32.4. The first-order valence-corrected chi connectivity index (χ1v) is 6.57. The zero-order chi connectivity index (χ0) is 13.8. The standard InChI is InChI=1S/C14H20F2N2O/c1-10(13-4-3-11(15)7-14(13)16)18-5-6-19-12(9-18)8-17-2/h3-4,7,10,12,17H,5-6,8-9H2,1-2H3. The van der Waals surface area contributed by atoms with Gasteiger partial charge >= 0.3 is 0 Å². The van der Waals surface area contributed by atoms with E-state index < -0.39 is 11.6 Å². The summed E-state index contributed by atoms with van der Waals surface area (Å²) in [6.45, 7) is 4.86. The number of ether oxygens (including phenoxy) is 1. The summed E-state index contributed by atoms with van der Waals surface area (Å²) in [6, 6.07) is 3.69. The van der Waals surface area contributed by atoms with Gasteiger partial charge in [-0.25, -0.2) is 8.78 Å². The average molecular weight is 270 g/mol. The molecule has 0 bridgehead atoms. The highest BCUT2D eigenvalue weighted by molar-refractivity contribution is 5.21. The van der Waals surface area contributed by atoms with Gasteiger partial charge in [-0.1, -0.05) is 6.07 Å². The van der Waals surface area contributed by atoms with Crippen molar-refractivity contribution in [2.24, 2.45) is 0 Å². The Morgan fingerprint density at radius 3 is 2.95 bits per heavy atom. The van der Waals surface area contributed by atoms with E-state index in [1.165, 1.54) is 12.1 Å². The molecular formula is C14H20F2N2O. The lowest BCUT2D eigenvalue weighted by Crippen LogP contribution is -2.47. The van der Waals surface area contributed by atoms with E-state index in [1.54, 1.807) is 0 Å². The van der Waals surface area contributed by atoms with Crippen LogP contribution in [-0.2, 0) is 4.74 Å². The Bertz CT molecular complexity index is 426. The van der Waals surface area contributed by atoms with Gasteiger partial charge in [-0.2, -0.15) is 0 Å². The number of halogens is 2. The first-order chi connectivity index (χ1) is 9.11. The molecule has 19 heavy (non-hydrogen) atoms. The summed E-state index contributed by atoms with van der Waals surface area (Å²) in [5.41, 5.74) is 0.534. The molecule has 2 rings (SSSR count). The first-order valence-electron chi connectivity index (χ1n) is 6.57. The van der Waals surface area contributed by atoms with Gasteiger partial charge in [0, 0.05) is 37.3 Å². The van der Waals surface area contributed by atoms with E-state index in [0.717, 1.165) is 25.7 Å². The molecular weight excluding hydrogens is 250 g/mol. The smallest absolute Gasteiger partial charge is 0.130 e. The maximum Gasteiger partial charge on any atom is 0.130 e. The number of hydrogen-bond acceptors (Lipinski definition) is 3. The van der Waals surface area contributed by atoms with Gasteiger partial charge in [0.25, 0.3) is 0 Å². The lowest BCUT2D eigenvalue weighted by Gasteiger charge is -2.37. The van der Waals surface area contributed by atoms with Crippen molar-refractivity contribution in [3.63, 3.8) is 0 Å². The fourth-order valence-electron chi connectivity index (χ4n) is 2.48. The number of likely N-dealkylation sites (N-methyl/N-ethyl adjacent to an activating group) is 1. The third-order valence-electron chi connectivity index (χ3n) is 3.56. The summed E-state index contributed by atoms with van der Waals surface area (Å²) in [4.78, 5) is 2.17. The fourth-order valence-corrected chi connectivity index (χ4v) is 2.48. The predicted octanol–water partition coefficient (Wildman–Crippen LogP) is 1.95. The molecule has 1 aromatic carbocycles. The fraction of sp³-hybridized carbons (Fsp3) is 0.571. The topological polar surface area (TPSA) is 24.5 Å². The Morgan fingerprint density at radius 2 is 2.26 bits per heavy atom. The van der Waals surface area contributed by atoms with Crippen LogP contribution in [0, 0.1) is 11.6 Å². The molecule has 0 aliphatic carbocycles. The van der Waals surface area contributed by atoms with Gasteiger partial charge in [-0.05, 0) is 20.0 Å². The van der Waals surface area contributed by atoms with Crippen molar-refractivity contribution in [3.05, 3.63) is 35.4 Å². The Kier molecular flexibility index (Phi) is 4.85. The quantitative estimate of drug-likeness (QED) is 0.905. The zero-order valence-electron chi connectivity index (χ0n) is 11.3. The highest BCUT2D eigenvalue weighted by Gasteiger charge is 2.25. The molecule has 2 unspecified atom stereocenters. The van der Waals surface area contributed by atoms with E-state index in [9.17, 15) is 8.78 Å². The lowest BCUT2D eigenvalue weighted by atomic mass is 10.0. The molecule has 1 aromatic rings. The summed E-state index contributed by atoms with van der Waals surface area (Å²) in [7, 11) is 1.88. The van der Waals surface area contributed by atoms with Gasteiger partial charge in [0.15, 0.2) is 0 Å². The number of benzene rings is 1. The van der Waals surface area contributed by atoms with Crippen molar-refractivity contribution in [1.82, 2.24) is 10.2 Å². The van der Waals surface area contributed by atoms with E-state index in [-0.39, 0.29) is 12.1 Å². The van der Waals surface area contributed by atoms with Crippen LogP contribution >= 0.6 is 0 Å². The highest BCUT2D eigenvalue weighted by atomic mass is 19.1. The summed E-state index contributed by atoms with van der Waals surface area (Å²) in [5, 5.41) is 3.08. The molecule has 0 radical (unpaired) electrons. The van der Waals surface area contributed by atoms with Gasteiger partial charge in [0.05, 0.1) is 12.7 Å². The number of nitrogens with zero attached hydrogens (tertiary/aromatic N) is 1. The second-order valence-electron chi connectivity index (χ2n) is 4.89. The molecule has 1 N–H and O–H groups in total. The normalized spacial score (nSPS) is 22.4. The van der Waals surface area contributed by atoms with Crippen LogP contribution in [0.4, 0.5) is 8.78 Å². The molecule has 0 amide bonds. The molecule has 1 fully saturated rings. The molecule has 1 saturated heterocycles. The summed E-state index contributed by atoms with van der Waals surface area (Å²) in [6.07, 6.45) is 0.115. The third-order valence-corrected chi connectivity index (χ3v) is 3.56. The van der Waals surface area contributed by atoms with Crippen molar-refractivity contribution in [1.29, 1.82) is 0 Å². The lowest BCUT2D eigenvalue weighted by molar-refractivity contribution is -0.0397. The predicted molar refractivity (Wildman–Crippen MR) is 70.0 cm³/mol. The van der Waals surface area contributed by atoms with E-state index in [1.807, 2.05) is 14.0 Å². The number of rotatable bonds is 4. The zero-order valence-corrected chi connectivity index (χ0v) is 11.3. The summed E-state index contributed by atoms with van der Waals surface area (Å²) >= 11 is 0. The molecule has 1 aliphatic heterocycles. The van der Waals surface area contributed by atoms with E-state index in [2.05, 4.69) is 10.2 Å². The molecule has 0 saturated carbocycles. The van der Waals surface area contributed by atoms with Crippen LogP contribution in [0.2, 0.25) is 0 Å². The van der Waals surface area contributed by atoms with Gasteiger partial charge in [-0.3, -0.25) is 4.90 Å². The Hall–Kier alpha value is -1.04.